The number of pyridine rings is 1. The van der Waals surface area contributed by atoms with Crippen LogP contribution >= 0.6 is 0 Å². The quantitative estimate of drug-likeness (QED) is 0.884. The first-order chi connectivity index (χ1) is 11.3. The number of carbonyl (C=O) groups excluding carboxylic acids is 1. The van der Waals surface area contributed by atoms with Crippen molar-refractivity contribution < 1.29 is 17.7 Å². The molecule has 3 heterocycles. The Kier molecular flexibility index (Phi) is 4.27. The van der Waals surface area contributed by atoms with Crippen LogP contribution in [0.25, 0.3) is 0 Å². The lowest BCUT2D eigenvalue weighted by Crippen LogP contribution is -2.32. The summed E-state index contributed by atoms with van der Waals surface area (Å²) in [5, 5.41) is 6.31. The van der Waals surface area contributed by atoms with Crippen LogP contribution < -0.4 is 10.2 Å². The van der Waals surface area contributed by atoms with E-state index in [1.54, 1.807) is 25.1 Å². The second-order valence-corrected chi connectivity index (χ2v) is 8.07. The Morgan fingerprint density at radius 1 is 1.42 bits per heavy atom. The van der Waals surface area contributed by atoms with Crippen LogP contribution in [0.2, 0.25) is 0 Å². The molecule has 0 spiro atoms. The van der Waals surface area contributed by atoms with E-state index in [1.807, 2.05) is 11.9 Å². The molecule has 9 heteroatoms. The van der Waals surface area contributed by atoms with Gasteiger partial charge in [-0.1, -0.05) is 5.16 Å². The molecule has 0 saturated carbocycles. The van der Waals surface area contributed by atoms with Gasteiger partial charge >= 0.3 is 0 Å². The lowest BCUT2D eigenvalue weighted by Gasteiger charge is -2.25. The maximum atomic E-state index is 12.3. The molecule has 1 saturated heterocycles. The molecule has 2 aromatic heterocycles. The minimum atomic E-state index is -2.97. The predicted molar refractivity (Wildman–Crippen MR) is 88.9 cm³/mol. The summed E-state index contributed by atoms with van der Waals surface area (Å²) in [6, 6.07) is 4.90. The van der Waals surface area contributed by atoms with Crippen LogP contribution in [0, 0.1) is 6.92 Å². The molecule has 8 nitrogen and oxygen atoms in total. The number of carbonyl (C=O) groups is 1. The molecule has 0 bridgehead atoms. The maximum absolute atomic E-state index is 12.3. The summed E-state index contributed by atoms with van der Waals surface area (Å²) in [7, 11) is -1.15. The van der Waals surface area contributed by atoms with Crippen molar-refractivity contribution in [2.45, 2.75) is 19.4 Å². The van der Waals surface area contributed by atoms with Gasteiger partial charge in [-0.2, -0.15) is 0 Å². The molecule has 24 heavy (non-hydrogen) atoms. The highest BCUT2D eigenvalue weighted by molar-refractivity contribution is 7.91. The Labute approximate surface area is 139 Å². The van der Waals surface area contributed by atoms with Gasteiger partial charge in [-0.25, -0.2) is 8.42 Å². The third-order valence-corrected chi connectivity index (χ3v) is 5.76. The fourth-order valence-corrected chi connectivity index (χ4v) is 4.43. The molecule has 128 valence electrons. The zero-order chi connectivity index (χ0) is 17.3. The fourth-order valence-electron chi connectivity index (χ4n) is 2.66. The van der Waals surface area contributed by atoms with Gasteiger partial charge in [0.25, 0.3) is 5.91 Å². The molecule has 0 aliphatic carbocycles. The standard InChI is InChI=1S/C15H18N4O4S/c1-10-7-14(18-23-10)17-15(20)13-8-11(3-5-16-13)19(2)12-4-6-24(21,22)9-12/h3,5,7-8,12H,4,6,9H2,1-2H3,(H,17,18,20). The SMILES string of the molecule is Cc1cc(NC(=O)c2cc(N(C)C3CCS(=O)(=O)C3)ccn2)no1. The molecule has 0 aromatic carbocycles. The molecule has 1 aliphatic rings. The monoisotopic (exact) mass is 350 g/mol. The zero-order valence-corrected chi connectivity index (χ0v) is 14.2. The summed E-state index contributed by atoms with van der Waals surface area (Å²) in [5.41, 5.74) is 0.967. The molecule has 1 amide bonds. The minimum Gasteiger partial charge on any atom is -0.370 e. The number of aryl methyl sites for hydroxylation is 1. The number of nitrogens with zero attached hydrogens (tertiary/aromatic N) is 3. The van der Waals surface area contributed by atoms with E-state index >= 15 is 0 Å². The molecule has 0 radical (unpaired) electrons. The van der Waals surface area contributed by atoms with E-state index in [0.717, 1.165) is 5.69 Å². The van der Waals surface area contributed by atoms with Crippen molar-refractivity contribution in [1.82, 2.24) is 10.1 Å². The number of hydrogen-bond donors (Lipinski definition) is 1. The van der Waals surface area contributed by atoms with Crippen LogP contribution in [-0.2, 0) is 9.84 Å². The highest BCUT2D eigenvalue weighted by Crippen LogP contribution is 2.23. The third-order valence-electron chi connectivity index (χ3n) is 4.01. The largest absolute Gasteiger partial charge is 0.370 e. The molecular weight excluding hydrogens is 332 g/mol. The summed E-state index contributed by atoms with van der Waals surface area (Å²) >= 11 is 0. The van der Waals surface area contributed by atoms with E-state index in [1.165, 1.54) is 6.20 Å². The number of aromatic nitrogens is 2. The zero-order valence-electron chi connectivity index (χ0n) is 13.4. The van der Waals surface area contributed by atoms with Gasteiger partial charge in [0.05, 0.1) is 11.5 Å². The lowest BCUT2D eigenvalue weighted by atomic mass is 10.2. The van der Waals surface area contributed by atoms with Gasteiger partial charge < -0.3 is 14.7 Å². The number of amides is 1. The number of nitrogens with one attached hydrogen (secondary N) is 1. The van der Waals surface area contributed by atoms with Crippen molar-refractivity contribution in [3.05, 3.63) is 35.9 Å². The van der Waals surface area contributed by atoms with Gasteiger partial charge in [0.15, 0.2) is 15.7 Å². The number of sulfone groups is 1. The number of hydrogen-bond acceptors (Lipinski definition) is 7. The van der Waals surface area contributed by atoms with Gasteiger partial charge in [0.1, 0.15) is 11.5 Å². The van der Waals surface area contributed by atoms with Gasteiger partial charge in [-0.15, -0.1) is 0 Å². The van der Waals surface area contributed by atoms with Gasteiger partial charge in [-0.05, 0) is 25.5 Å². The van der Waals surface area contributed by atoms with Crippen molar-refractivity contribution in [3.8, 4) is 0 Å². The van der Waals surface area contributed by atoms with E-state index < -0.39 is 15.7 Å². The summed E-state index contributed by atoms with van der Waals surface area (Å²) < 4.78 is 28.2. The van der Waals surface area contributed by atoms with Gasteiger partial charge in [0, 0.05) is 31.0 Å². The Balaban J connectivity index is 1.75. The first-order valence-corrected chi connectivity index (χ1v) is 9.30. The van der Waals surface area contributed by atoms with E-state index in [-0.39, 0.29) is 23.2 Å². The molecule has 1 atom stereocenters. The average molecular weight is 350 g/mol. The molecular formula is C15H18N4O4S. The van der Waals surface area contributed by atoms with Crippen molar-refractivity contribution >= 4 is 27.2 Å². The van der Waals surface area contributed by atoms with Crippen LogP contribution in [-0.4, -0.2) is 49.1 Å². The van der Waals surface area contributed by atoms with Crippen LogP contribution in [0.1, 0.15) is 22.7 Å². The molecule has 2 aromatic rings. The van der Waals surface area contributed by atoms with Crippen LogP contribution in [0.15, 0.2) is 28.9 Å². The molecule has 1 aliphatic heterocycles. The second-order valence-electron chi connectivity index (χ2n) is 5.84. The second kappa shape index (κ2) is 6.23. The van der Waals surface area contributed by atoms with E-state index in [9.17, 15) is 13.2 Å². The normalized spacial score (nSPS) is 19.2. The van der Waals surface area contributed by atoms with Crippen LogP contribution in [0.3, 0.4) is 0 Å². The summed E-state index contributed by atoms with van der Waals surface area (Å²) in [5.74, 6) is 0.837. The topological polar surface area (TPSA) is 105 Å². The average Bonchev–Trinajstić information content (AvgIpc) is 3.12. The van der Waals surface area contributed by atoms with Crippen molar-refractivity contribution in [2.24, 2.45) is 0 Å². The Bertz CT molecular complexity index is 862. The Morgan fingerprint density at radius 2 is 2.21 bits per heavy atom. The number of rotatable bonds is 4. The first kappa shape index (κ1) is 16.4. The lowest BCUT2D eigenvalue weighted by molar-refractivity contribution is 0.102. The molecule has 1 fully saturated rings. The smallest absolute Gasteiger partial charge is 0.275 e. The van der Waals surface area contributed by atoms with Crippen molar-refractivity contribution in [1.29, 1.82) is 0 Å². The fraction of sp³-hybridized carbons (Fsp3) is 0.400. The summed E-state index contributed by atoms with van der Waals surface area (Å²) in [6.45, 7) is 1.73. The summed E-state index contributed by atoms with van der Waals surface area (Å²) in [6.07, 6.45) is 2.11. The van der Waals surface area contributed by atoms with E-state index in [0.29, 0.717) is 18.0 Å². The Hall–Kier alpha value is -2.42. The highest BCUT2D eigenvalue weighted by atomic mass is 32.2. The third kappa shape index (κ3) is 3.56. The van der Waals surface area contributed by atoms with Crippen molar-refractivity contribution in [3.63, 3.8) is 0 Å². The van der Waals surface area contributed by atoms with Gasteiger partial charge in [0.2, 0.25) is 0 Å². The van der Waals surface area contributed by atoms with E-state index in [2.05, 4.69) is 15.5 Å². The molecule has 3 rings (SSSR count). The molecule has 1 unspecified atom stereocenters. The minimum absolute atomic E-state index is 0.0912. The van der Waals surface area contributed by atoms with E-state index in [4.69, 9.17) is 4.52 Å². The maximum Gasteiger partial charge on any atom is 0.275 e. The summed E-state index contributed by atoms with van der Waals surface area (Å²) in [4.78, 5) is 18.2. The number of anilines is 2. The predicted octanol–water partition coefficient (Wildman–Crippen LogP) is 1.25. The van der Waals surface area contributed by atoms with Crippen molar-refractivity contribution in [2.75, 3.05) is 28.8 Å². The Morgan fingerprint density at radius 3 is 2.83 bits per heavy atom. The highest BCUT2D eigenvalue weighted by Gasteiger charge is 2.31. The molecule has 1 N–H and O–H groups in total. The van der Waals surface area contributed by atoms with Crippen LogP contribution in [0.5, 0.6) is 0 Å². The first-order valence-electron chi connectivity index (χ1n) is 7.48. The van der Waals surface area contributed by atoms with Crippen LogP contribution in [0.4, 0.5) is 11.5 Å². The van der Waals surface area contributed by atoms with Gasteiger partial charge in [-0.3, -0.25) is 9.78 Å².